The molecule has 98 valence electrons. The zero-order chi connectivity index (χ0) is 14.0. The summed E-state index contributed by atoms with van der Waals surface area (Å²) >= 11 is 0. The maximum atomic E-state index is 12.2. The Morgan fingerprint density at radius 2 is 1.63 bits per heavy atom. The number of hydrogen-bond acceptors (Lipinski definition) is 2. The van der Waals surface area contributed by atoms with E-state index in [0.717, 1.165) is 16.8 Å². The van der Waals surface area contributed by atoms with Crippen LogP contribution in [0, 0.1) is 20.8 Å². The summed E-state index contributed by atoms with van der Waals surface area (Å²) in [5.41, 5.74) is 11.0. The second-order valence-electron chi connectivity index (χ2n) is 4.86. The number of anilines is 2. The molecule has 0 aromatic heterocycles. The lowest BCUT2D eigenvalue weighted by Gasteiger charge is -2.11. The van der Waals surface area contributed by atoms with E-state index in [-0.39, 0.29) is 5.91 Å². The maximum Gasteiger partial charge on any atom is 0.257 e. The first-order valence-corrected chi connectivity index (χ1v) is 6.22. The van der Waals surface area contributed by atoms with Gasteiger partial charge in [-0.2, -0.15) is 0 Å². The van der Waals surface area contributed by atoms with Crippen molar-refractivity contribution < 1.29 is 4.79 Å². The van der Waals surface area contributed by atoms with E-state index < -0.39 is 0 Å². The van der Waals surface area contributed by atoms with Gasteiger partial charge in [-0.15, -0.1) is 0 Å². The van der Waals surface area contributed by atoms with Crippen LogP contribution in [0.5, 0.6) is 0 Å². The molecule has 2 aromatic carbocycles. The Hall–Kier alpha value is -2.29. The number of nitrogens with one attached hydrogen (secondary N) is 1. The van der Waals surface area contributed by atoms with Gasteiger partial charge in [0.1, 0.15) is 0 Å². The number of amides is 1. The van der Waals surface area contributed by atoms with Crippen molar-refractivity contribution in [1.82, 2.24) is 0 Å². The van der Waals surface area contributed by atoms with Crippen molar-refractivity contribution >= 4 is 17.3 Å². The summed E-state index contributed by atoms with van der Waals surface area (Å²) < 4.78 is 0. The largest absolute Gasteiger partial charge is 0.398 e. The number of carbonyl (C=O) groups is 1. The van der Waals surface area contributed by atoms with Crippen LogP contribution in [0.3, 0.4) is 0 Å². The summed E-state index contributed by atoms with van der Waals surface area (Å²) in [6, 6.07) is 11.4. The predicted molar refractivity (Wildman–Crippen MR) is 79.5 cm³/mol. The summed E-state index contributed by atoms with van der Waals surface area (Å²) in [4.78, 5) is 12.2. The normalized spacial score (nSPS) is 10.3. The Bertz CT molecular complexity index is 633. The average molecular weight is 254 g/mol. The van der Waals surface area contributed by atoms with Gasteiger partial charge in [0.15, 0.2) is 0 Å². The van der Waals surface area contributed by atoms with Crippen LogP contribution in [0.1, 0.15) is 27.0 Å². The number of aryl methyl sites for hydroxylation is 3. The molecule has 0 radical (unpaired) electrons. The SMILES string of the molecule is Cc1ccc(NC(=O)c2ccc(C)cc2N)c(C)c1. The van der Waals surface area contributed by atoms with Crippen LogP contribution in [-0.2, 0) is 0 Å². The van der Waals surface area contributed by atoms with Crippen LogP contribution >= 0.6 is 0 Å². The third kappa shape index (κ3) is 2.94. The van der Waals surface area contributed by atoms with Gasteiger partial charge in [-0.25, -0.2) is 0 Å². The van der Waals surface area contributed by atoms with Gasteiger partial charge in [-0.3, -0.25) is 4.79 Å². The minimum absolute atomic E-state index is 0.176. The van der Waals surface area contributed by atoms with Gasteiger partial charge >= 0.3 is 0 Å². The highest BCUT2D eigenvalue weighted by Gasteiger charge is 2.10. The van der Waals surface area contributed by atoms with Crippen molar-refractivity contribution in [2.45, 2.75) is 20.8 Å². The summed E-state index contributed by atoms with van der Waals surface area (Å²) in [7, 11) is 0. The predicted octanol–water partition coefficient (Wildman–Crippen LogP) is 3.45. The smallest absolute Gasteiger partial charge is 0.257 e. The third-order valence-corrected chi connectivity index (χ3v) is 3.08. The van der Waals surface area contributed by atoms with E-state index in [1.807, 2.05) is 45.0 Å². The van der Waals surface area contributed by atoms with Crippen molar-refractivity contribution in [1.29, 1.82) is 0 Å². The highest BCUT2D eigenvalue weighted by atomic mass is 16.1. The molecule has 0 aliphatic heterocycles. The van der Waals surface area contributed by atoms with Gasteiger partial charge < -0.3 is 11.1 Å². The molecule has 0 spiro atoms. The van der Waals surface area contributed by atoms with E-state index in [1.54, 1.807) is 12.1 Å². The summed E-state index contributed by atoms with van der Waals surface area (Å²) in [6.45, 7) is 5.94. The third-order valence-electron chi connectivity index (χ3n) is 3.08. The van der Waals surface area contributed by atoms with Crippen LogP contribution in [-0.4, -0.2) is 5.91 Å². The van der Waals surface area contributed by atoms with E-state index in [9.17, 15) is 4.79 Å². The molecule has 3 heteroatoms. The fraction of sp³-hybridized carbons (Fsp3) is 0.188. The van der Waals surface area contributed by atoms with Crippen molar-refractivity contribution in [2.24, 2.45) is 0 Å². The fourth-order valence-electron chi connectivity index (χ4n) is 2.03. The lowest BCUT2D eigenvalue weighted by Crippen LogP contribution is -2.14. The van der Waals surface area contributed by atoms with Gasteiger partial charge in [0.2, 0.25) is 0 Å². The molecular formula is C16H18N2O. The molecule has 0 saturated heterocycles. The molecule has 0 aliphatic carbocycles. The fourth-order valence-corrected chi connectivity index (χ4v) is 2.03. The molecular weight excluding hydrogens is 236 g/mol. The topological polar surface area (TPSA) is 55.1 Å². The summed E-state index contributed by atoms with van der Waals surface area (Å²) in [6.07, 6.45) is 0. The second kappa shape index (κ2) is 5.14. The zero-order valence-electron chi connectivity index (χ0n) is 11.4. The number of nitrogen functional groups attached to an aromatic ring is 1. The van der Waals surface area contributed by atoms with Gasteiger partial charge in [0.25, 0.3) is 5.91 Å². The first kappa shape index (κ1) is 13.1. The summed E-state index contributed by atoms with van der Waals surface area (Å²) in [5.74, 6) is -0.176. The van der Waals surface area contributed by atoms with E-state index in [2.05, 4.69) is 5.32 Å². The number of rotatable bonds is 2. The van der Waals surface area contributed by atoms with Gasteiger partial charge in [-0.05, 0) is 50.1 Å². The Balaban J connectivity index is 2.25. The van der Waals surface area contributed by atoms with Crippen molar-refractivity contribution in [3.05, 3.63) is 58.7 Å². The molecule has 2 rings (SSSR count). The Kier molecular flexibility index (Phi) is 3.56. The van der Waals surface area contributed by atoms with E-state index >= 15 is 0 Å². The second-order valence-corrected chi connectivity index (χ2v) is 4.86. The van der Waals surface area contributed by atoms with E-state index in [0.29, 0.717) is 11.3 Å². The number of nitrogens with two attached hydrogens (primary N) is 1. The van der Waals surface area contributed by atoms with Crippen LogP contribution in [0.2, 0.25) is 0 Å². The molecule has 0 saturated carbocycles. The minimum atomic E-state index is -0.176. The van der Waals surface area contributed by atoms with E-state index in [1.165, 1.54) is 5.56 Å². The maximum absolute atomic E-state index is 12.2. The highest BCUT2D eigenvalue weighted by molar-refractivity contribution is 6.08. The molecule has 0 aliphatic rings. The average Bonchev–Trinajstić information content (AvgIpc) is 2.32. The van der Waals surface area contributed by atoms with Crippen LogP contribution < -0.4 is 11.1 Å². The molecule has 3 nitrogen and oxygen atoms in total. The highest BCUT2D eigenvalue weighted by Crippen LogP contribution is 2.19. The number of hydrogen-bond donors (Lipinski definition) is 2. The standard InChI is InChI=1S/C16H18N2O/c1-10-5-7-15(12(3)8-10)18-16(19)13-6-4-11(2)9-14(13)17/h4-9H,17H2,1-3H3,(H,18,19). The molecule has 1 amide bonds. The Morgan fingerprint density at radius 1 is 1.00 bits per heavy atom. The molecule has 0 atom stereocenters. The molecule has 0 heterocycles. The first-order chi connectivity index (χ1) is 8.97. The molecule has 0 fully saturated rings. The molecule has 2 aromatic rings. The quantitative estimate of drug-likeness (QED) is 0.806. The lowest BCUT2D eigenvalue weighted by molar-refractivity contribution is 0.102. The zero-order valence-corrected chi connectivity index (χ0v) is 11.4. The molecule has 0 bridgehead atoms. The minimum Gasteiger partial charge on any atom is -0.398 e. The van der Waals surface area contributed by atoms with Crippen LogP contribution in [0.4, 0.5) is 11.4 Å². The monoisotopic (exact) mass is 254 g/mol. The van der Waals surface area contributed by atoms with Gasteiger partial charge in [-0.1, -0.05) is 23.8 Å². The molecule has 3 N–H and O–H groups in total. The van der Waals surface area contributed by atoms with Crippen molar-refractivity contribution in [2.75, 3.05) is 11.1 Å². The first-order valence-electron chi connectivity index (χ1n) is 6.22. The molecule has 19 heavy (non-hydrogen) atoms. The van der Waals surface area contributed by atoms with E-state index in [4.69, 9.17) is 5.73 Å². The Labute approximate surface area is 113 Å². The number of benzene rings is 2. The number of carbonyl (C=O) groups excluding carboxylic acids is 1. The van der Waals surface area contributed by atoms with Gasteiger partial charge in [0, 0.05) is 11.4 Å². The van der Waals surface area contributed by atoms with Crippen molar-refractivity contribution in [3.63, 3.8) is 0 Å². The Morgan fingerprint density at radius 3 is 2.26 bits per heavy atom. The lowest BCUT2D eigenvalue weighted by atomic mass is 10.1. The molecule has 0 unspecified atom stereocenters. The summed E-state index contributed by atoms with van der Waals surface area (Å²) in [5, 5.41) is 2.90. The van der Waals surface area contributed by atoms with Crippen LogP contribution in [0.15, 0.2) is 36.4 Å². The van der Waals surface area contributed by atoms with Gasteiger partial charge in [0.05, 0.1) is 5.56 Å². The van der Waals surface area contributed by atoms with Crippen molar-refractivity contribution in [3.8, 4) is 0 Å². The van der Waals surface area contributed by atoms with Crippen LogP contribution in [0.25, 0.3) is 0 Å².